The van der Waals surface area contributed by atoms with E-state index in [0.29, 0.717) is 88.3 Å². The van der Waals surface area contributed by atoms with Crippen molar-refractivity contribution in [1.29, 1.82) is 0 Å². The smallest absolute Gasteiger partial charge is 0.203 e. The lowest BCUT2D eigenvalue weighted by atomic mass is 9.75. The molecule has 0 aliphatic rings. The average Bonchev–Trinajstić information content (AvgIpc) is 3.44. The Balaban J connectivity index is 1.42. The fraction of sp³-hybridized carbons (Fsp3) is 0.400. The lowest BCUT2D eigenvalue weighted by molar-refractivity contribution is 0.320. The van der Waals surface area contributed by atoms with Crippen LogP contribution in [0.4, 0.5) is 0 Å². The minimum absolute atomic E-state index is 0.0392. The number of ether oxygens (including phenoxy) is 14. The maximum absolute atomic E-state index is 6.14. The monoisotopic (exact) mass is 1020 g/mol. The molecule has 6 aromatic rings. The summed E-state index contributed by atoms with van der Waals surface area (Å²) >= 11 is 0. The molecule has 74 heavy (non-hydrogen) atoms. The third-order valence-corrected chi connectivity index (χ3v) is 13.7. The minimum atomic E-state index is -0.0776. The molecule has 0 fully saturated rings. The highest BCUT2D eigenvalue weighted by Gasteiger charge is 2.29. The predicted octanol–water partition coefficient (Wildman–Crippen LogP) is 11.2. The number of aryl methyl sites for hydroxylation is 5. The molecule has 0 heterocycles. The number of methoxy groups -OCH3 is 14. The van der Waals surface area contributed by atoms with Crippen LogP contribution in [0.5, 0.6) is 80.5 Å². The van der Waals surface area contributed by atoms with Crippen LogP contribution in [0, 0.1) is 5.92 Å². The molecule has 14 heteroatoms. The summed E-state index contributed by atoms with van der Waals surface area (Å²) in [6.45, 7) is 0. The first kappa shape index (κ1) is 55.8. The number of hydrogen-bond acceptors (Lipinski definition) is 14. The van der Waals surface area contributed by atoms with Gasteiger partial charge in [0.2, 0.25) is 23.0 Å². The van der Waals surface area contributed by atoms with Gasteiger partial charge < -0.3 is 66.3 Å². The molecule has 0 aliphatic heterocycles. The van der Waals surface area contributed by atoms with Gasteiger partial charge in [-0.3, -0.25) is 0 Å². The summed E-state index contributed by atoms with van der Waals surface area (Å²) in [6.07, 6.45) is 5.73. The average molecular weight is 1020 g/mol. The van der Waals surface area contributed by atoms with Gasteiger partial charge in [0, 0.05) is 0 Å². The highest BCUT2D eigenvalue weighted by molar-refractivity contribution is 5.57. The Hall–Kier alpha value is -7.48. The maximum Gasteiger partial charge on any atom is 0.203 e. The SMILES string of the molecule is COc1cc(C[C@H](CCc2cc(OC)c(OC)c(OC)c2)[C@H](Cc2ccc(CCc3cc(OC)c(OC)c(OC)c3)c(OC)c2)c2cc(OC)c(OC)c(OC)c2)ccc1CCc1cc(OC)c(OC)c(OC)c1. The molecule has 0 aromatic heterocycles. The minimum Gasteiger partial charge on any atom is -0.496 e. The lowest BCUT2D eigenvalue weighted by Gasteiger charge is -2.30. The molecule has 0 unspecified atom stereocenters. The van der Waals surface area contributed by atoms with E-state index in [1.807, 2.05) is 36.4 Å². The summed E-state index contributed by atoms with van der Waals surface area (Å²) in [7, 11) is 23.0. The van der Waals surface area contributed by atoms with Gasteiger partial charge >= 0.3 is 0 Å². The van der Waals surface area contributed by atoms with Crippen LogP contribution in [0.15, 0.2) is 84.9 Å². The summed E-state index contributed by atoms with van der Waals surface area (Å²) in [5.41, 5.74) is 8.57. The van der Waals surface area contributed by atoms with Crippen molar-refractivity contribution in [2.75, 3.05) is 99.5 Å². The first-order valence-corrected chi connectivity index (χ1v) is 24.5. The fourth-order valence-electron chi connectivity index (χ4n) is 9.87. The topological polar surface area (TPSA) is 129 Å². The van der Waals surface area contributed by atoms with E-state index >= 15 is 0 Å². The summed E-state index contributed by atoms with van der Waals surface area (Å²) < 4.78 is 81.2. The van der Waals surface area contributed by atoms with E-state index in [0.717, 1.165) is 88.1 Å². The molecule has 0 aliphatic carbocycles. The van der Waals surface area contributed by atoms with Crippen molar-refractivity contribution in [3.63, 3.8) is 0 Å². The van der Waals surface area contributed by atoms with Crippen molar-refractivity contribution in [2.24, 2.45) is 5.92 Å². The lowest BCUT2D eigenvalue weighted by Crippen LogP contribution is -2.20. The summed E-state index contributed by atoms with van der Waals surface area (Å²) in [4.78, 5) is 0. The summed E-state index contributed by atoms with van der Waals surface area (Å²) in [5.74, 6) is 8.59. The fourth-order valence-corrected chi connectivity index (χ4v) is 9.87. The molecule has 0 amide bonds. The molecule has 0 radical (unpaired) electrons. The van der Waals surface area contributed by atoms with Crippen molar-refractivity contribution in [1.82, 2.24) is 0 Å². The van der Waals surface area contributed by atoms with Crippen molar-refractivity contribution in [2.45, 2.75) is 57.3 Å². The van der Waals surface area contributed by atoms with Crippen LogP contribution in [-0.2, 0) is 44.9 Å². The van der Waals surface area contributed by atoms with E-state index in [1.165, 1.54) is 0 Å². The van der Waals surface area contributed by atoms with Crippen LogP contribution < -0.4 is 66.3 Å². The Labute approximate surface area is 437 Å². The highest BCUT2D eigenvalue weighted by Crippen LogP contribution is 2.46. The molecule has 0 saturated heterocycles. The second-order valence-electron chi connectivity index (χ2n) is 17.7. The zero-order valence-electron chi connectivity index (χ0n) is 45.6. The third-order valence-electron chi connectivity index (χ3n) is 13.7. The Kier molecular flexibility index (Phi) is 20.4. The molecule has 0 spiro atoms. The van der Waals surface area contributed by atoms with Gasteiger partial charge in [-0.2, -0.15) is 0 Å². The predicted molar refractivity (Wildman–Crippen MR) is 287 cm³/mol. The van der Waals surface area contributed by atoms with Crippen LogP contribution >= 0.6 is 0 Å². The first-order valence-electron chi connectivity index (χ1n) is 24.5. The zero-order chi connectivity index (χ0) is 53.3. The highest BCUT2D eigenvalue weighted by atomic mass is 16.6. The van der Waals surface area contributed by atoms with E-state index < -0.39 is 0 Å². The molecular formula is C60H74O14. The van der Waals surface area contributed by atoms with E-state index in [-0.39, 0.29) is 11.8 Å². The molecule has 0 bridgehead atoms. The summed E-state index contributed by atoms with van der Waals surface area (Å²) in [6, 6.07) is 29.3. The third kappa shape index (κ3) is 13.0. The van der Waals surface area contributed by atoms with Crippen molar-refractivity contribution < 1.29 is 66.3 Å². The zero-order valence-corrected chi connectivity index (χ0v) is 45.6. The molecule has 2 atom stereocenters. The molecular weight excluding hydrogens is 945 g/mol. The van der Waals surface area contributed by atoms with Crippen molar-refractivity contribution in [3.8, 4) is 80.5 Å². The van der Waals surface area contributed by atoms with Crippen LogP contribution in [0.1, 0.15) is 56.8 Å². The number of hydrogen-bond donors (Lipinski definition) is 0. The van der Waals surface area contributed by atoms with Gasteiger partial charge in [0.1, 0.15) is 11.5 Å². The molecule has 6 rings (SSSR count). The van der Waals surface area contributed by atoms with Gasteiger partial charge in [0.05, 0.1) is 99.5 Å². The Bertz CT molecular complexity index is 2690. The molecule has 0 N–H and O–H groups in total. The second-order valence-corrected chi connectivity index (χ2v) is 17.7. The second kappa shape index (κ2) is 27.0. The van der Waals surface area contributed by atoms with Gasteiger partial charge in [-0.25, -0.2) is 0 Å². The first-order chi connectivity index (χ1) is 36.0. The van der Waals surface area contributed by atoms with E-state index in [9.17, 15) is 0 Å². The van der Waals surface area contributed by atoms with Crippen molar-refractivity contribution >= 4 is 0 Å². The molecule has 398 valence electrons. The van der Waals surface area contributed by atoms with Crippen LogP contribution in [0.25, 0.3) is 0 Å². The standard InChI is InChI=1S/C60H74O14/c1-61-47-27-37(15-20-42(47)22-17-39-29-49(63-3)57(71-11)50(30-39)64-4)25-44(24-19-41-33-53(67-7)59(73-13)54(34-41)68-8)46(45-35-55(69-9)60(74-14)56(36-45)70-10)26-38-16-21-43(48(28-38)62-2)23-18-40-31-51(65-5)58(72-12)52(32-40)66-6/h15-16,20-21,27-36,44,46H,17-19,22-26H2,1-14H3/t44-,46-/m0/s1. The maximum atomic E-state index is 6.14. The van der Waals surface area contributed by atoms with Gasteiger partial charge in [-0.15, -0.1) is 0 Å². The molecule has 0 saturated carbocycles. The number of rotatable bonds is 29. The molecule has 14 nitrogen and oxygen atoms in total. The normalized spacial score (nSPS) is 11.7. The van der Waals surface area contributed by atoms with Crippen LogP contribution in [-0.4, -0.2) is 99.5 Å². The van der Waals surface area contributed by atoms with E-state index in [4.69, 9.17) is 66.3 Å². The van der Waals surface area contributed by atoms with Gasteiger partial charge in [0.15, 0.2) is 46.0 Å². The largest absolute Gasteiger partial charge is 0.496 e. The quantitative estimate of drug-likeness (QED) is 0.0442. The van der Waals surface area contributed by atoms with Gasteiger partial charge in [0.25, 0.3) is 0 Å². The Morgan fingerprint density at radius 1 is 0.270 bits per heavy atom. The van der Waals surface area contributed by atoms with Crippen LogP contribution in [0.3, 0.4) is 0 Å². The van der Waals surface area contributed by atoms with Crippen molar-refractivity contribution in [3.05, 3.63) is 129 Å². The Morgan fingerprint density at radius 3 is 0.865 bits per heavy atom. The number of benzene rings is 6. The van der Waals surface area contributed by atoms with Gasteiger partial charge in [-0.05, 0) is 168 Å². The van der Waals surface area contributed by atoms with Gasteiger partial charge in [-0.1, -0.05) is 24.3 Å². The Morgan fingerprint density at radius 2 is 0.554 bits per heavy atom. The molecule has 6 aromatic carbocycles. The van der Waals surface area contributed by atoms with Crippen LogP contribution in [0.2, 0.25) is 0 Å². The van der Waals surface area contributed by atoms with E-state index in [2.05, 4.69) is 48.5 Å². The summed E-state index contributed by atoms with van der Waals surface area (Å²) in [5, 5.41) is 0. The van der Waals surface area contributed by atoms with E-state index in [1.54, 1.807) is 99.5 Å².